The van der Waals surface area contributed by atoms with E-state index in [0.717, 1.165) is 0 Å². The van der Waals surface area contributed by atoms with Crippen LogP contribution in [0, 0.1) is 11.7 Å². The van der Waals surface area contributed by atoms with E-state index in [1.54, 1.807) is 6.07 Å². The summed E-state index contributed by atoms with van der Waals surface area (Å²) in [7, 11) is 1.25. The number of nitrogens with one attached hydrogen (secondary N) is 1. The van der Waals surface area contributed by atoms with Crippen molar-refractivity contribution in [3.8, 4) is 0 Å². The highest BCUT2D eigenvalue weighted by Gasteiger charge is 2.24. The fourth-order valence-corrected chi connectivity index (χ4v) is 2.11. The van der Waals surface area contributed by atoms with Gasteiger partial charge in [0.05, 0.1) is 17.1 Å². The van der Waals surface area contributed by atoms with Crippen LogP contribution < -0.4 is 5.32 Å². The van der Waals surface area contributed by atoms with Gasteiger partial charge in [-0.1, -0.05) is 19.9 Å². The van der Waals surface area contributed by atoms with Crippen LogP contribution in [0.15, 0.2) is 22.7 Å². The zero-order valence-corrected chi connectivity index (χ0v) is 13.2. The van der Waals surface area contributed by atoms with Gasteiger partial charge in [0.1, 0.15) is 11.9 Å². The van der Waals surface area contributed by atoms with Gasteiger partial charge in [-0.25, -0.2) is 9.18 Å². The second-order valence-corrected chi connectivity index (χ2v) is 5.63. The van der Waals surface area contributed by atoms with Crippen molar-refractivity contribution in [1.29, 1.82) is 0 Å². The van der Waals surface area contributed by atoms with Crippen molar-refractivity contribution in [2.75, 3.05) is 7.11 Å². The molecule has 0 heterocycles. The number of hydrogen-bond acceptors (Lipinski definition) is 3. The maximum Gasteiger partial charge on any atom is 0.328 e. The van der Waals surface area contributed by atoms with Crippen molar-refractivity contribution >= 4 is 27.8 Å². The van der Waals surface area contributed by atoms with E-state index in [4.69, 9.17) is 0 Å². The lowest BCUT2D eigenvalue weighted by molar-refractivity contribution is -0.143. The molecular weight excluding hydrogens is 329 g/mol. The number of hydrogen-bond donors (Lipinski definition) is 1. The maximum atomic E-state index is 13.8. The molecule has 20 heavy (non-hydrogen) atoms. The highest BCUT2D eigenvalue weighted by molar-refractivity contribution is 9.10. The molecule has 1 aromatic carbocycles. The second-order valence-electron chi connectivity index (χ2n) is 4.78. The smallest absolute Gasteiger partial charge is 0.328 e. The van der Waals surface area contributed by atoms with Gasteiger partial charge in [-0.15, -0.1) is 0 Å². The van der Waals surface area contributed by atoms with Crippen LogP contribution in [-0.2, 0) is 9.53 Å². The normalized spacial score (nSPS) is 12.1. The van der Waals surface area contributed by atoms with Crippen LogP contribution in [0.2, 0.25) is 0 Å². The molecule has 6 heteroatoms. The van der Waals surface area contributed by atoms with Gasteiger partial charge in [-0.3, -0.25) is 4.79 Å². The molecule has 1 amide bonds. The van der Waals surface area contributed by atoms with Gasteiger partial charge in [0.15, 0.2) is 0 Å². The number of amides is 1. The average molecular weight is 346 g/mol. The molecule has 0 aliphatic carbocycles. The summed E-state index contributed by atoms with van der Waals surface area (Å²) in [5.74, 6) is -1.65. The van der Waals surface area contributed by atoms with Crippen LogP contribution >= 0.6 is 15.9 Å². The summed E-state index contributed by atoms with van der Waals surface area (Å²) >= 11 is 3.02. The lowest BCUT2D eigenvalue weighted by atomic mass is 10.0. The SMILES string of the molecule is COC(=O)C(CC(C)C)NC(=O)c1cccc(Br)c1F. The molecular formula is C14H17BrFNO3. The number of methoxy groups -OCH3 is 1. The van der Waals surface area contributed by atoms with E-state index in [1.165, 1.54) is 19.2 Å². The third-order valence-corrected chi connectivity index (χ3v) is 3.31. The Bertz CT molecular complexity index is 505. The standard InChI is InChI=1S/C14H17BrFNO3/c1-8(2)7-11(14(19)20-3)17-13(18)9-5-4-6-10(15)12(9)16/h4-6,8,11H,7H2,1-3H3,(H,17,18). The third-order valence-electron chi connectivity index (χ3n) is 2.69. The Balaban J connectivity index is 2.90. The zero-order chi connectivity index (χ0) is 15.3. The zero-order valence-electron chi connectivity index (χ0n) is 11.6. The van der Waals surface area contributed by atoms with Crippen LogP contribution in [0.1, 0.15) is 30.6 Å². The molecule has 110 valence electrons. The number of carbonyl (C=O) groups excluding carboxylic acids is 2. The van der Waals surface area contributed by atoms with Crippen molar-refractivity contribution in [2.45, 2.75) is 26.3 Å². The molecule has 0 radical (unpaired) electrons. The van der Waals surface area contributed by atoms with Crippen molar-refractivity contribution in [3.05, 3.63) is 34.1 Å². The number of ether oxygens (including phenoxy) is 1. The first kappa shape index (κ1) is 16.6. The predicted molar refractivity (Wildman–Crippen MR) is 76.8 cm³/mol. The Morgan fingerprint density at radius 3 is 2.60 bits per heavy atom. The molecule has 0 saturated carbocycles. The van der Waals surface area contributed by atoms with E-state index in [9.17, 15) is 14.0 Å². The molecule has 0 aromatic heterocycles. The number of benzene rings is 1. The maximum absolute atomic E-state index is 13.8. The quantitative estimate of drug-likeness (QED) is 0.834. The molecule has 0 fully saturated rings. The van der Waals surface area contributed by atoms with Crippen molar-refractivity contribution in [2.24, 2.45) is 5.92 Å². The summed E-state index contributed by atoms with van der Waals surface area (Å²) in [6.07, 6.45) is 0.425. The van der Waals surface area contributed by atoms with E-state index in [2.05, 4.69) is 26.0 Å². The molecule has 1 N–H and O–H groups in total. The van der Waals surface area contributed by atoms with Gasteiger partial charge in [0.2, 0.25) is 0 Å². The number of halogens is 2. The fraction of sp³-hybridized carbons (Fsp3) is 0.429. The summed E-state index contributed by atoms with van der Waals surface area (Å²) in [6, 6.07) is 3.63. The number of carbonyl (C=O) groups is 2. The minimum absolute atomic E-state index is 0.114. The lowest BCUT2D eigenvalue weighted by Gasteiger charge is -2.18. The monoisotopic (exact) mass is 345 g/mol. The van der Waals surface area contributed by atoms with Crippen LogP contribution in [0.25, 0.3) is 0 Å². The van der Waals surface area contributed by atoms with Crippen LogP contribution in [0.4, 0.5) is 4.39 Å². The summed E-state index contributed by atoms with van der Waals surface area (Å²) in [5.41, 5.74) is -0.114. The molecule has 1 aromatic rings. The van der Waals surface area contributed by atoms with Crippen LogP contribution in [0.5, 0.6) is 0 Å². The van der Waals surface area contributed by atoms with Gasteiger partial charge in [0, 0.05) is 0 Å². The van der Waals surface area contributed by atoms with Crippen molar-refractivity contribution in [3.63, 3.8) is 0 Å². The van der Waals surface area contributed by atoms with Gasteiger partial charge in [0.25, 0.3) is 5.91 Å². The minimum atomic E-state index is -0.786. The third kappa shape index (κ3) is 4.30. The summed E-state index contributed by atoms with van der Waals surface area (Å²) in [6.45, 7) is 3.84. The average Bonchev–Trinajstić information content (AvgIpc) is 2.39. The van der Waals surface area contributed by atoms with Gasteiger partial charge in [-0.2, -0.15) is 0 Å². The van der Waals surface area contributed by atoms with E-state index in [0.29, 0.717) is 6.42 Å². The van der Waals surface area contributed by atoms with Gasteiger partial charge >= 0.3 is 5.97 Å². The van der Waals surface area contributed by atoms with Gasteiger partial charge < -0.3 is 10.1 Å². The molecule has 1 rings (SSSR count). The summed E-state index contributed by atoms with van der Waals surface area (Å²) < 4.78 is 18.7. The first-order valence-electron chi connectivity index (χ1n) is 6.19. The molecule has 0 spiro atoms. The summed E-state index contributed by atoms with van der Waals surface area (Å²) in [4.78, 5) is 23.7. The topological polar surface area (TPSA) is 55.4 Å². The molecule has 0 aliphatic heterocycles. The Kier molecular flexibility index (Phi) is 6.13. The van der Waals surface area contributed by atoms with E-state index >= 15 is 0 Å². The molecule has 0 aliphatic rings. The summed E-state index contributed by atoms with van der Waals surface area (Å²) in [5, 5.41) is 2.51. The molecule has 0 bridgehead atoms. The largest absolute Gasteiger partial charge is 0.467 e. The fourth-order valence-electron chi connectivity index (χ4n) is 1.74. The first-order valence-corrected chi connectivity index (χ1v) is 6.98. The second kappa shape index (κ2) is 7.38. The Labute approximate surface area is 125 Å². The molecule has 1 atom stereocenters. The molecule has 1 unspecified atom stereocenters. The predicted octanol–water partition coefficient (Wildman–Crippen LogP) is 2.91. The molecule has 4 nitrogen and oxygen atoms in total. The Morgan fingerprint density at radius 1 is 1.40 bits per heavy atom. The number of rotatable bonds is 5. The highest BCUT2D eigenvalue weighted by Crippen LogP contribution is 2.19. The van der Waals surface area contributed by atoms with Crippen LogP contribution in [0.3, 0.4) is 0 Å². The Morgan fingerprint density at radius 2 is 2.05 bits per heavy atom. The van der Waals surface area contributed by atoms with Gasteiger partial charge in [-0.05, 0) is 40.4 Å². The van der Waals surface area contributed by atoms with Crippen LogP contribution in [-0.4, -0.2) is 25.0 Å². The first-order chi connectivity index (χ1) is 9.36. The van der Waals surface area contributed by atoms with E-state index < -0.39 is 23.7 Å². The molecule has 0 saturated heterocycles. The lowest BCUT2D eigenvalue weighted by Crippen LogP contribution is -2.42. The minimum Gasteiger partial charge on any atom is -0.467 e. The van der Waals surface area contributed by atoms with E-state index in [-0.39, 0.29) is 16.0 Å². The number of esters is 1. The Hall–Kier alpha value is -1.43. The highest BCUT2D eigenvalue weighted by atomic mass is 79.9. The van der Waals surface area contributed by atoms with Crippen molar-refractivity contribution < 1.29 is 18.7 Å². The van der Waals surface area contributed by atoms with Crippen molar-refractivity contribution in [1.82, 2.24) is 5.32 Å². The van der Waals surface area contributed by atoms with E-state index in [1.807, 2.05) is 13.8 Å².